The minimum absolute atomic E-state index is 0.0467. The van der Waals surface area contributed by atoms with E-state index >= 15 is 0 Å². The number of rotatable bonds is 4. The summed E-state index contributed by atoms with van der Waals surface area (Å²) in [4.78, 5) is 16.5. The van der Waals surface area contributed by atoms with Gasteiger partial charge >= 0.3 is 0 Å². The molecule has 2 atom stereocenters. The number of allylic oxidation sites excluding steroid dienone is 2. The summed E-state index contributed by atoms with van der Waals surface area (Å²) >= 11 is 0. The van der Waals surface area contributed by atoms with E-state index in [2.05, 4.69) is 35.3 Å². The molecule has 1 heterocycles. The molecule has 2 aliphatic rings. The second kappa shape index (κ2) is 5.41. The highest BCUT2D eigenvalue weighted by Crippen LogP contribution is 2.77. The van der Waals surface area contributed by atoms with Crippen LogP contribution in [0.1, 0.15) is 22.7 Å². The topological polar surface area (TPSA) is 81.1 Å². The third-order valence-corrected chi connectivity index (χ3v) is 5.76. The van der Waals surface area contributed by atoms with E-state index in [1.807, 2.05) is 24.3 Å². The highest BCUT2D eigenvalue weighted by Gasteiger charge is 2.71. The fourth-order valence-corrected chi connectivity index (χ4v) is 3.94. The van der Waals surface area contributed by atoms with Crippen molar-refractivity contribution in [2.75, 3.05) is 5.73 Å². The first-order valence-electron chi connectivity index (χ1n) is 8.92. The minimum atomic E-state index is -0.128. The largest absolute Gasteiger partial charge is 0.392 e. The van der Waals surface area contributed by atoms with Crippen LogP contribution < -0.4 is 11.3 Å². The molecule has 1 aromatic heterocycles. The van der Waals surface area contributed by atoms with Crippen molar-refractivity contribution < 1.29 is 5.11 Å². The number of nitrogens with zero attached hydrogens (tertiary/aromatic N) is 2. The van der Waals surface area contributed by atoms with E-state index in [0.717, 1.165) is 22.4 Å². The highest BCUT2D eigenvalue weighted by molar-refractivity contribution is 5.79. The molecule has 0 aliphatic heterocycles. The van der Waals surface area contributed by atoms with Gasteiger partial charge in [0.05, 0.1) is 12.3 Å². The first-order chi connectivity index (χ1) is 13.0. The van der Waals surface area contributed by atoms with Gasteiger partial charge in [-0.2, -0.15) is 0 Å². The van der Waals surface area contributed by atoms with Crippen molar-refractivity contribution in [3.05, 3.63) is 93.4 Å². The van der Waals surface area contributed by atoms with Crippen LogP contribution in [0.5, 0.6) is 0 Å². The van der Waals surface area contributed by atoms with Crippen LogP contribution in [0.25, 0.3) is 11.1 Å². The number of hydrogen-bond donors (Lipinski definition) is 2. The van der Waals surface area contributed by atoms with Crippen molar-refractivity contribution in [1.29, 1.82) is 0 Å². The summed E-state index contributed by atoms with van der Waals surface area (Å²) in [6.45, 7) is 0.0467. The maximum absolute atomic E-state index is 12.1. The van der Waals surface area contributed by atoms with Crippen molar-refractivity contribution in [3.63, 3.8) is 0 Å². The van der Waals surface area contributed by atoms with Gasteiger partial charge in [0.1, 0.15) is 0 Å². The van der Waals surface area contributed by atoms with Gasteiger partial charge in [0.15, 0.2) is 0 Å². The summed E-state index contributed by atoms with van der Waals surface area (Å²) in [5.41, 5.74) is 12.1. The molecule has 5 heteroatoms. The lowest BCUT2D eigenvalue weighted by molar-refractivity contribution is 0.282. The zero-order chi connectivity index (χ0) is 18.8. The Labute approximate surface area is 156 Å². The minimum Gasteiger partial charge on any atom is -0.392 e. The molecule has 2 aliphatic carbocycles. The Balaban J connectivity index is 1.48. The number of aliphatic hydroxyl groups is 1. The highest BCUT2D eigenvalue weighted by atomic mass is 16.3. The zero-order valence-corrected chi connectivity index (χ0v) is 14.9. The van der Waals surface area contributed by atoms with E-state index in [1.54, 1.807) is 13.1 Å². The van der Waals surface area contributed by atoms with Crippen LogP contribution >= 0.6 is 0 Å². The molecule has 2 aromatic carbocycles. The molecule has 134 valence electrons. The van der Waals surface area contributed by atoms with Gasteiger partial charge in [-0.1, -0.05) is 48.5 Å². The van der Waals surface area contributed by atoms with Crippen molar-refractivity contribution in [3.8, 4) is 11.1 Å². The van der Waals surface area contributed by atoms with Crippen molar-refractivity contribution in [2.45, 2.75) is 17.9 Å². The molecule has 5 nitrogen and oxygen atoms in total. The first kappa shape index (κ1) is 16.0. The predicted molar refractivity (Wildman–Crippen MR) is 104 cm³/mol. The summed E-state index contributed by atoms with van der Waals surface area (Å²) in [7, 11) is 1.63. The molecule has 3 aromatic rings. The average Bonchev–Trinajstić information content (AvgIpc) is 3.56. The summed E-state index contributed by atoms with van der Waals surface area (Å²) in [5, 5.41) is 9.21. The normalized spacial score (nSPS) is 22.1. The van der Waals surface area contributed by atoms with Gasteiger partial charge in [0.2, 0.25) is 5.95 Å². The lowest BCUT2D eigenvalue weighted by atomic mass is 9.93. The van der Waals surface area contributed by atoms with E-state index in [9.17, 15) is 9.90 Å². The molecule has 1 saturated carbocycles. The van der Waals surface area contributed by atoms with Crippen LogP contribution in [0, 0.1) is 0 Å². The second-order valence-corrected chi connectivity index (χ2v) is 7.27. The molecule has 1 fully saturated rings. The molecular formula is C22H19N3O2. The Bertz CT molecular complexity index is 1160. The number of nitrogens with two attached hydrogens (primary N) is 1. The summed E-state index contributed by atoms with van der Waals surface area (Å²) < 4.78 is 1.36. The Morgan fingerprint density at radius 2 is 1.93 bits per heavy atom. The predicted octanol–water partition coefficient (Wildman–Crippen LogP) is 2.50. The SMILES string of the molecule is Cn1c(N)nc(C2C3=CC32c2cccc(-c3ccc(CO)cc3)c2)cc1=O. The van der Waals surface area contributed by atoms with Crippen LogP contribution in [0.3, 0.4) is 0 Å². The van der Waals surface area contributed by atoms with E-state index in [0.29, 0.717) is 0 Å². The van der Waals surface area contributed by atoms with Gasteiger partial charge < -0.3 is 10.8 Å². The number of hydrogen-bond acceptors (Lipinski definition) is 4. The van der Waals surface area contributed by atoms with Gasteiger partial charge in [0, 0.05) is 24.4 Å². The fourth-order valence-electron chi connectivity index (χ4n) is 3.94. The fraction of sp³-hybridized carbons (Fsp3) is 0.182. The molecule has 0 amide bonds. The first-order valence-corrected chi connectivity index (χ1v) is 8.92. The summed E-state index contributed by atoms with van der Waals surface area (Å²) in [6, 6.07) is 18.0. The lowest BCUT2D eigenvalue weighted by Crippen LogP contribution is -2.22. The van der Waals surface area contributed by atoms with Crippen molar-refractivity contribution in [2.24, 2.45) is 7.05 Å². The molecule has 5 rings (SSSR count). The van der Waals surface area contributed by atoms with E-state index in [-0.39, 0.29) is 29.4 Å². The molecule has 2 unspecified atom stereocenters. The zero-order valence-electron chi connectivity index (χ0n) is 14.9. The van der Waals surface area contributed by atoms with Crippen molar-refractivity contribution >= 4 is 5.95 Å². The van der Waals surface area contributed by atoms with Crippen LogP contribution in [0.15, 0.2) is 71.0 Å². The van der Waals surface area contributed by atoms with Gasteiger partial charge in [-0.15, -0.1) is 0 Å². The number of aromatic nitrogens is 2. The van der Waals surface area contributed by atoms with E-state index in [4.69, 9.17) is 5.73 Å². The maximum Gasteiger partial charge on any atom is 0.254 e. The van der Waals surface area contributed by atoms with Gasteiger partial charge in [-0.25, -0.2) is 4.98 Å². The molecule has 0 bridgehead atoms. The molecule has 27 heavy (non-hydrogen) atoms. The number of benzene rings is 2. The van der Waals surface area contributed by atoms with Crippen molar-refractivity contribution in [1.82, 2.24) is 9.55 Å². The van der Waals surface area contributed by atoms with E-state index in [1.165, 1.54) is 15.7 Å². The second-order valence-electron chi connectivity index (χ2n) is 7.27. The molecular weight excluding hydrogens is 338 g/mol. The summed E-state index contributed by atoms with van der Waals surface area (Å²) in [6.07, 6.45) is 2.24. The molecule has 0 spiro atoms. The third-order valence-electron chi connectivity index (χ3n) is 5.76. The lowest BCUT2D eigenvalue weighted by Gasteiger charge is -2.12. The van der Waals surface area contributed by atoms with Gasteiger partial charge in [0.25, 0.3) is 5.56 Å². The van der Waals surface area contributed by atoms with Gasteiger partial charge in [-0.3, -0.25) is 9.36 Å². The smallest absolute Gasteiger partial charge is 0.254 e. The Hall–Kier alpha value is -3.18. The quantitative estimate of drug-likeness (QED) is 0.703. The maximum atomic E-state index is 12.1. The number of anilines is 1. The van der Waals surface area contributed by atoms with Crippen LogP contribution in [0.2, 0.25) is 0 Å². The Kier molecular flexibility index (Phi) is 3.21. The summed E-state index contributed by atoms with van der Waals surface area (Å²) in [5.74, 6) is 0.401. The molecule has 0 radical (unpaired) electrons. The standard InChI is InChI=1S/C22H19N3O2/c1-25-19(27)10-18(24-21(25)23)20-17-11-22(17,20)16-4-2-3-15(9-16)14-7-5-13(12-26)6-8-14/h2-11,20,26H,12H2,1H3,(H2,23,24). The average molecular weight is 357 g/mol. The Morgan fingerprint density at radius 3 is 2.59 bits per heavy atom. The van der Waals surface area contributed by atoms with Crippen LogP contribution in [-0.2, 0) is 19.1 Å². The Morgan fingerprint density at radius 1 is 1.15 bits per heavy atom. The monoisotopic (exact) mass is 357 g/mol. The molecule has 0 saturated heterocycles. The van der Waals surface area contributed by atoms with Crippen LogP contribution in [-0.4, -0.2) is 14.7 Å². The number of fused-ring (bicyclic) bond motifs is 1. The number of aliphatic hydroxyl groups excluding tert-OH is 1. The van der Waals surface area contributed by atoms with Gasteiger partial charge in [-0.05, 0) is 33.9 Å². The van der Waals surface area contributed by atoms with Crippen LogP contribution in [0.4, 0.5) is 5.95 Å². The van der Waals surface area contributed by atoms with E-state index < -0.39 is 0 Å². The molecule has 3 N–H and O–H groups in total. The number of nitrogen functional groups attached to an aromatic ring is 1. The third kappa shape index (κ3) is 2.28.